The lowest BCUT2D eigenvalue weighted by Gasteiger charge is -2.35. The maximum atomic E-state index is 13.2. The number of benzene rings is 2. The molecule has 0 saturated carbocycles. The van der Waals surface area contributed by atoms with Gasteiger partial charge in [-0.05, 0) is 55.3 Å². The fourth-order valence-corrected chi connectivity index (χ4v) is 5.84. The van der Waals surface area contributed by atoms with Crippen LogP contribution >= 0.6 is 11.6 Å². The van der Waals surface area contributed by atoms with Crippen molar-refractivity contribution in [3.8, 4) is 0 Å². The molecule has 2 heterocycles. The van der Waals surface area contributed by atoms with Gasteiger partial charge in [-0.2, -0.15) is 4.31 Å². The summed E-state index contributed by atoms with van der Waals surface area (Å²) < 4.78 is 41.0. The zero-order valence-electron chi connectivity index (χ0n) is 16.4. The molecule has 6 nitrogen and oxygen atoms in total. The van der Waals surface area contributed by atoms with Gasteiger partial charge in [0.05, 0.1) is 5.02 Å². The molecule has 0 atom stereocenters. The quantitative estimate of drug-likeness (QED) is 0.716. The summed E-state index contributed by atoms with van der Waals surface area (Å²) in [6.45, 7) is 2.90. The molecule has 0 N–H and O–H groups in total. The van der Waals surface area contributed by atoms with E-state index in [2.05, 4.69) is 0 Å². The molecule has 2 aliphatic heterocycles. The zero-order chi connectivity index (χ0) is 21.3. The van der Waals surface area contributed by atoms with Crippen LogP contribution in [0.2, 0.25) is 5.02 Å². The fourth-order valence-electron chi connectivity index (χ4n) is 3.91. The Labute approximate surface area is 180 Å². The van der Waals surface area contributed by atoms with Crippen LogP contribution in [-0.2, 0) is 10.0 Å². The largest absolute Gasteiger partial charge is 0.369 e. The van der Waals surface area contributed by atoms with Gasteiger partial charge in [-0.15, -0.1) is 0 Å². The van der Waals surface area contributed by atoms with Crippen LogP contribution in [0.4, 0.5) is 10.1 Å². The van der Waals surface area contributed by atoms with Crippen LogP contribution in [-0.4, -0.2) is 62.8 Å². The zero-order valence-corrected chi connectivity index (χ0v) is 18.0. The van der Waals surface area contributed by atoms with Crippen molar-refractivity contribution in [3.63, 3.8) is 0 Å². The van der Waals surface area contributed by atoms with E-state index in [1.807, 2.05) is 4.90 Å². The highest BCUT2D eigenvalue weighted by molar-refractivity contribution is 7.89. The van der Waals surface area contributed by atoms with E-state index in [9.17, 15) is 17.6 Å². The van der Waals surface area contributed by atoms with Crippen molar-refractivity contribution < 1.29 is 17.6 Å². The number of likely N-dealkylation sites (tertiary alicyclic amines) is 1. The first-order valence-corrected chi connectivity index (χ1v) is 11.8. The van der Waals surface area contributed by atoms with Crippen molar-refractivity contribution in [1.82, 2.24) is 9.21 Å². The minimum absolute atomic E-state index is 0.0376. The molecule has 2 fully saturated rings. The highest BCUT2D eigenvalue weighted by Crippen LogP contribution is 2.28. The van der Waals surface area contributed by atoms with E-state index < -0.39 is 10.0 Å². The average Bonchev–Trinajstić information content (AvgIpc) is 3.29. The van der Waals surface area contributed by atoms with Crippen LogP contribution in [0.25, 0.3) is 0 Å². The molecule has 2 aromatic rings. The first-order chi connectivity index (χ1) is 14.4. The van der Waals surface area contributed by atoms with E-state index in [4.69, 9.17) is 11.6 Å². The summed E-state index contributed by atoms with van der Waals surface area (Å²) >= 11 is 6.23. The highest BCUT2D eigenvalue weighted by atomic mass is 35.5. The van der Waals surface area contributed by atoms with E-state index in [0.29, 0.717) is 31.7 Å². The summed E-state index contributed by atoms with van der Waals surface area (Å²) in [6.07, 6.45) is 1.92. The first kappa shape index (κ1) is 21.1. The van der Waals surface area contributed by atoms with E-state index in [1.54, 1.807) is 23.1 Å². The highest BCUT2D eigenvalue weighted by Gasteiger charge is 2.31. The fraction of sp³-hybridized carbons (Fsp3) is 0.381. The monoisotopic (exact) mass is 451 g/mol. The third kappa shape index (κ3) is 4.17. The van der Waals surface area contributed by atoms with E-state index in [-0.39, 0.29) is 34.7 Å². The second kappa shape index (κ2) is 8.53. The van der Waals surface area contributed by atoms with Gasteiger partial charge < -0.3 is 9.80 Å². The SMILES string of the molecule is O=C(c1ccc(Cl)c(S(=O)(=O)N2CCN(c3ccc(F)cc3)CC2)c1)N1CCCC1. The Balaban J connectivity index is 1.51. The Hall–Kier alpha value is -2.16. The molecule has 2 saturated heterocycles. The van der Waals surface area contributed by atoms with Crippen molar-refractivity contribution in [2.24, 2.45) is 0 Å². The molecular weight excluding hydrogens is 429 g/mol. The molecule has 2 aromatic carbocycles. The summed E-state index contributed by atoms with van der Waals surface area (Å²) in [6, 6.07) is 10.6. The minimum Gasteiger partial charge on any atom is -0.369 e. The Morgan fingerprint density at radius 2 is 1.53 bits per heavy atom. The van der Waals surface area contributed by atoms with Crippen LogP contribution in [0.3, 0.4) is 0 Å². The standard InChI is InChI=1S/C21H23ClFN3O3S/c22-19-8-3-16(21(27)25-9-1-2-10-25)15-20(19)30(28,29)26-13-11-24(12-14-26)18-6-4-17(23)5-7-18/h3-8,15H,1-2,9-14H2. The molecule has 1 amide bonds. The smallest absolute Gasteiger partial charge is 0.253 e. The molecule has 30 heavy (non-hydrogen) atoms. The van der Waals surface area contributed by atoms with Gasteiger partial charge in [-0.25, -0.2) is 12.8 Å². The predicted molar refractivity (Wildman–Crippen MR) is 114 cm³/mol. The first-order valence-electron chi connectivity index (χ1n) is 9.96. The summed E-state index contributed by atoms with van der Waals surface area (Å²) in [7, 11) is -3.84. The van der Waals surface area contributed by atoms with Gasteiger partial charge in [-0.1, -0.05) is 11.6 Å². The van der Waals surface area contributed by atoms with Crippen LogP contribution in [0.15, 0.2) is 47.4 Å². The van der Waals surface area contributed by atoms with Crippen LogP contribution in [0.5, 0.6) is 0 Å². The van der Waals surface area contributed by atoms with Gasteiger partial charge in [0.2, 0.25) is 10.0 Å². The number of piperazine rings is 1. The van der Waals surface area contributed by atoms with Crippen molar-refractivity contribution in [2.45, 2.75) is 17.7 Å². The number of halogens is 2. The molecule has 0 unspecified atom stereocenters. The van der Waals surface area contributed by atoms with Crippen LogP contribution in [0, 0.1) is 5.82 Å². The summed E-state index contributed by atoms with van der Waals surface area (Å²) in [5.41, 5.74) is 1.19. The molecule has 0 bridgehead atoms. The lowest BCUT2D eigenvalue weighted by molar-refractivity contribution is 0.0792. The maximum absolute atomic E-state index is 13.2. The van der Waals surface area contributed by atoms with Gasteiger partial charge in [0.1, 0.15) is 10.7 Å². The average molecular weight is 452 g/mol. The van der Waals surface area contributed by atoms with Gasteiger partial charge in [0.15, 0.2) is 0 Å². The topological polar surface area (TPSA) is 60.9 Å². The van der Waals surface area contributed by atoms with E-state index in [0.717, 1.165) is 18.5 Å². The minimum atomic E-state index is -3.84. The molecule has 160 valence electrons. The predicted octanol–water partition coefficient (Wildman–Crippen LogP) is 3.23. The number of amides is 1. The number of hydrogen-bond donors (Lipinski definition) is 0. The number of carbonyl (C=O) groups is 1. The second-order valence-electron chi connectivity index (χ2n) is 7.51. The van der Waals surface area contributed by atoms with Crippen LogP contribution < -0.4 is 4.90 Å². The van der Waals surface area contributed by atoms with Crippen molar-refractivity contribution in [1.29, 1.82) is 0 Å². The third-order valence-corrected chi connectivity index (χ3v) is 8.00. The Kier molecular flexibility index (Phi) is 5.99. The number of carbonyl (C=O) groups excluding carboxylic acids is 1. The molecule has 9 heteroatoms. The number of sulfonamides is 1. The molecule has 4 rings (SSSR count). The van der Waals surface area contributed by atoms with E-state index in [1.165, 1.54) is 28.6 Å². The molecular formula is C21H23ClFN3O3S. The maximum Gasteiger partial charge on any atom is 0.253 e. The Bertz CT molecular complexity index is 1030. The second-order valence-corrected chi connectivity index (χ2v) is 9.83. The molecule has 0 aromatic heterocycles. The van der Waals surface area contributed by atoms with Crippen LogP contribution in [0.1, 0.15) is 23.2 Å². The van der Waals surface area contributed by atoms with Crippen molar-refractivity contribution in [3.05, 3.63) is 58.9 Å². The third-order valence-electron chi connectivity index (χ3n) is 5.62. The van der Waals surface area contributed by atoms with E-state index >= 15 is 0 Å². The Morgan fingerprint density at radius 1 is 0.900 bits per heavy atom. The summed E-state index contributed by atoms with van der Waals surface area (Å²) in [4.78, 5) is 16.4. The van der Waals surface area contributed by atoms with Gasteiger partial charge >= 0.3 is 0 Å². The summed E-state index contributed by atoms with van der Waals surface area (Å²) in [5, 5.41) is 0.105. The van der Waals surface area contributed by atoms with Crippen molar-refractivity contribution in [2.75, 3.05) is 44.2 Å². The number of rotatable bonds is 4. The lowest BCUT2D eigenvalue weighted by atomic mass is 10.2. The molecule has 0 aliphatic carbocycles. The van der Waals surface area contributed by atoms with Gasteiger partial charge in [0.25, 0.3) is 5.91 Å². The van der Waals surface area contributed by atoms with Gasteiger partial charge in [0, 0.05) is 50.5 Å². The number of anilines is 1. The normalized spacial score (nSPS) is 18.1. The Morgan fingerprint density at radius 3 is 2.17 bits per heavy atom. The lowest BCUT2D eigenvalue weighted by Crippen LogP contribution is -2.48. The molecule has 0 spiro atoms. The molecule has 2 aliphatic rings. The summed E-state index contributed by atoms with van der Waals surface area (Å²) in [5.74, 6) is -0.472. The number of hydrogen-bond acceptors (Lipinski definition) is 4. The van der Waals surface area contributed by atoms with Gasteiger partial charge in [-0.3, -0.25) is 4.79 Å². The number of nitrogens with zero attached hydrogens (tertiary/aromatic N) is 3. The van der Waals surface area contributed by atoms with Crippen molar-refractivity contribution >= 4 is 33.2 Å². The molecule has 0 radical (unpaired) electrons.